The van der Waals surface area contributed by atoms with Crippen LogP contribution in [0.1, 0.15) is 40.8 Å². The third-order valence-corrected chi connectivity index (χ3v) is 7.80. The van der Waals surface area contributed by atoms with Crippen molar-refractivity contribution in [2.24, 2.45) is 0 Å². The van der Waals surface area contributed by atoms with Crippen LogP contribution in [-0.2, 0) is 24.2 Å². The number of carbonyl (C=O) groups is 1. The molecule has 6 nitrogen and oxygen atoms in total. The molecule has 0 spiro atoms. The van der Waals surface area contributed by atoms with E-state index in [-0.39, 0.29) is 18.0 Å². The standard InChI is InChI=1S/C23H25N3O3S/c1-14-8-9-16(12-15(14)2)26-21(28)20-17-6-5-7-18(17)30-22(20)25(23(26)29)13-19(27)24-10-3-4-11-24/h8-9,12H,3-7,10-11,13H2,1-2H3. The van der Waals surface area contributed by atoms with E-state index in [2.05, 4.69) is 0 Å². The van der Waals surface area contributed by atoms with E-state index in [4.69, 9.17) is 0 Å². The molecule has 5 rings (SSSR count). The average molecular weight is 424 g/mol. The van der Waals surface area contributed by atoms with Crippen LogP contribution in [0.25, 0.3) is 15.9 Å². The minimum absolute atomic E-state index is 0.0140. The number of nitrogens with zero attached hydrogens (tertiary/aromatic N) is 3. The molecule has 0 N–H and O–H groups in total. The molecule has 2 aliphatic rings. The molecule has 30 heavy (non-hydrogen) atoms. The SMILES string of the molecule is Cc1ccc(-n2c(=O)c3c4c(sc3n(CC(=O)N3CCCC3)c2=O)CCC4)cc1C. The van der Waals surface area contributed by atoms with Gasteiger partial charge in [-0.15, -0.1) is 11.3 Å². The van der Waals surface area contributed by atoms with Gasteiger partial charge in [0.05, 0.1) is 11.1 Å². The molecule has 0 unspecified atom stereocenters. The fourth-order valence-electron chi connectivity index (χ4n) is 4.64. The summed E-state index contributed by atoms with van der Waals surface area (Å²) in [6, 6.07) is 5.62. The maximum absolute atomic E-state index is 13.5. The summed E-state index contributed by atoms with van der Waals surface area (Å²) in [6.45, 7) is 5.45. The number of rotatable bonds is 3. The molecule has 0 radical (unpaired) electrons. The molecular weight excluding hydrogens is 398 g/mol. The van der Waals surface area contributed by atoms with E-state index in [1.54, 1.807) is 0 Å². The number of benzene rings is 1. The van der Waals surface area contributed by atoms with E-state index in [1.165, 1.54) is 25.3 Å². The molecule has 2 aromatic heterocycles. The Bertz CT molecular complexity index is 1290. The van der Waals surface area contributed by atoms with E-state index in [1.807, 2.05) is 36.9 Å². The van der Waals surface area contributed by atoms with E-state index in [9.17, 15) is 14.4 Å². The minimum atomic E-state index is -0.428. The number of hydrogen-bond donors (Lipinski definition) is 0. The average Bonchev–Trinajstić information content (AvgIpc) is 3.44. The maximum atomic E-state index is 13.5. The molecule has 1 fully saturated rings. The van der Waals surface area contributed by atoms with Gasteiger partial charge >= 0.3 is 5.69 Å². The zero-order valence-corrected chi connectivity index (χ0v) is 18.2. The molecule has 3 heterocycles. The highest BCUT2D eigenvalue weighted by Gasteiger charge is 2.27. The van der Waals surface area contributed by atoms with Gasteiger partial charge in [-0.05, 0) is 74.8 Å². The second-order valence-corrected chi connectivity index (χ2v) is 9.49. The van der Waals surface area contributed by atoms with Crippen LogP contribution >= 0.6 is 11.3 Å². The number of likely N-dealkylation sites (tertiary alicyclic amines) is 1. The Morgan fingerprint density at radius 2 is 1.80 bits per heavy atom. The van der Waals surface area contributed by atoms with Crippen LogP contribution < -0.4 is 11.2 Å². The molecule has 1 saturated heterocycles. The van der Waals surface area contributed by atoms with Gasteiger partial charge in [-0.25, -0.2) is 9.36 Å². The number of aromatic nitrogens is 2. The monoisotopic (exact) mass is 423 g/mol. The van der Waals surface area contributed by atoms with Crippen molar-refractivity contribution < 1.29 is 4.79 Å². The van der Waals surface area contributed by atoms with Crippen molar-refractivity contribution in [3.8, 4) is 5.69 Å². The first-order chi connectivity index (χ1) is 14.5. The molecule has 0 saturated carbocycles. The molecular formula is C23H25N3O3S. The summed E-state index contributed by atoms with van der Waals surface area (Å²) in [5.74, 6) is -0.0465. The number of carbonyl (C=O) groups excluding carboxylic acids is 1. The van der Waals surface area contributed by atoms with Gasteiger partial charge in [0, 0.05) is 18.0 Å². The van der Waals surface area contributed by atoms with Gasteiger partial charge < -0.3 is 4.90 Å². The molecule has 3 aromatic rings. The normalized spacial score (nSPS) is 15.9. The van der Waals surface area contributed by atoms with Crippen LogP contribution in [0.5, 0.6) is 0 Å². The Labute approximate surface area is 178 Å². The summed E-state index contributed by atoms with van der Waals surface area (Å²) in [5.41, 5.74) is 3.07. The van der Waals surface area contributed by atoms with Gasteiger partial charge in [-0.3, -0.25) is 14.2 Å². The third kappa shape index (κ3) is 2.95. The van der Waals surface area contributed by atoms with Gasteiger partial charge in [-0.2, -0.15) is 0 Å². The maximum Gasteiger partial charge on any atom is 0.337 e. The summed E-state index contributed by atoms with van der Waals surface area (Å²) >= 11 is 1.51. The van der Waals surface area contributed by atoms with Crippen molar-refractivity contribution in [1.29, 1.82) is 0 Å². The zero-order chi connectivity index (χ0) is 21.0. The lowest BCUT2D eigenvalue weighted by atomic mass is 10.1. The Morgan fingerprint density at radius 1 is 1.03 bits per heavy atom. The van der Waals surface area contributed by atoms with Gasteiger partial charge in [0.1, 0.15) is 11.4 Å². The zero-order valence-electron chi connectivity index (χ0n) is 17.4. The fourth-order valence-corrected chi connectivity index (χ4v) is 6.01. The first-order valence-corrected chi connectivity index (χ1v) is 11.4. The van der Waals surface area contributed by atoms with E-state index in [0.717, 1.165) is 61.9 Å². The van der Waals surface area contributed by atoms with Crippen molar-refractivity contribution in [3.63, 3.8) is 0 Å². The summed E-state index contributed by atoms with van der Waals surface area (Å²) in [6.07, 6.45) is 4.84. The Kier molecular flexibility index (Phi) is 4.65. The second kappa shape index (κ2) is 7.23. The quantitative estimate of drug-likeness (QED) is 0.651. The van der Waals surface area contributed by atoms with Crippen molar-refractivity contribution in [2.45, 2.75) is 52.5 Å². The van der Waals surface area contributed by atoms with Crippen molar-refractivity contribution in [2.75, 3.05) is 13.1 Å². The first-order valence-electron chi connectivity index (χ1n) is 10.6. The van der Waals surface area contributed by atoms with Crippen LogP contribution in [0.4, 0.5) is 0 Å². The summed E-state index contributed by atoms with van der Waals surface area (Å²) < 4.78 is 2.80. The van der Waals surface area contributed by atoms with Crippen molar-refractivity contribution >= 4 is 27.5 Å². The third-order valence-electron chi connectivity index (χ3n) is 6.49. The molecule has 0 atom stereocenters. The van der Waals surface area contributed by atoms with Crippen LogP contribution in [0.2, 0.25) is 0 Å². The van der Waals surface area contributed by atoms with E-state index >= 15 is 0 Å². The smallest absolute Gasteiger partial charge is 0.337 e. The van der Waals surface area contributed by atoms with Gasteiger partial charge in [0.25, 0.3) is 5.56 Å². The highest BCUT2D eigenvalue weighted by molar-refractivity contribution is 7.19. The summed E-state index contributed by atoms with van der Waals surface area (Å²) in [4.78, 5) is 43.6. The fraction of sp³-hybridized carbons (Fsp3) is 0.435. The van der Waals surface area contributed by atoms with E-state index in [0.29, 0.717) is 15.9 Å². The molecule has 1 aromatic carbocycles. The largest absolute Gasteiger partial charge is 0.341 e. The molecule has 7 heteroatoms. The van der Waals surface area contributed by atoms with E-state index < -0.39 is 5.69 Å². The number of fused-ring (bicyclic) bond motifs is 3. The summed E-state index contributed by atoms with van der Waals surface area (Å²) in [7, 11) is 0. The van der Waals surface area contributed by atoms with Gasteiger partial charge in [0.2, 0.25) is 5.91 Å². The number of thiophene rings is 1. The van der Waals surface area contributed by atoms with Gasteiger partial charge in [-0.1, -0.05) is 6.07 Å². The van der Waals surface area contributed by atoms with Gasteiger partial charge in [0.15, 0.2) is 0 Å². The number of amides is 1. The minimum Gasteiger partial charge on any atom is -0.341 e. The highest BCUT2D eigenvalue weighted by atomic mass is 32.1. The highest BCUT2D eigenvalue weighted by Crippen LogP contribution is 2.35. The lowest BCUT2D eigenvalue weighted by Crippen LogP contribution is -2.42. The lowest BCUT2D eigenvalue weighted by molar-refractivity contribution is -0.130. The van der Waals surface area contributed by atoms with Crippen LogP contribution in [0.15, 0.2) is 27.8 Å². The molecule has 1 amide bonds. The Balaban J connectivity index is 1.76. The molecule has 1 aliphatic heterocycles. The van der Waals surface area contributed by atoms with Crippen LogP contribution in [0, 0.1) is 13.8 Å². The molecule has 0 bridgehead atoms. The molecule has 1 aliphatic carbocycles. The lowest BCUT2D eigenvalue weighted by Gasteiger charge is -2.18. The van der Waals surface area contributed by atoms with Crippen LogP contribution in [-0.4, -0.2) is 33.0 Å². The number of hydrogen-bond acceptors (Lipinski definition) is 4. The summed E-state index contributed by atoms with van der Waals surface area (Å²) in [5, 5.41) is 0.625. The first kappa shape index (κ1) is 19.3. The second-order valence-electron chi connectivity index (χ2n) is 8.40. The van der Waals surface area contributed by atoms with Crippen LogP contribution in [0.3, 0.4) is 0 Å². The predicted molar refractivity (Wildman–Crippen MR) is 119 cm³/mol. The number of aryl methyl sites for hydroxylation is 4. The van der Waals surface area contributed by atoms with Crippen molar-refractivity contribution in [3.05, 3.63) is 60.6 Å². The topological polar surface area (TPSA) is 64.3 Å². The van der Waals surface area contributed by atoms with Crippen molar-refractivity contribution in [1.82, 2.24) is 14.0 Å². The Morgan fingerprint density at radius 3 is 2.53 bits per heavy atom. The Hall–Kier alpha value is -2.67. The predicted octanol–water partition coefficient (Wildman–Crippen LogP) is 2.94. The molecule has 156 valence electrons.